The van der Waals surface area contributed by atoms with E-state index in [4.69, 9.17) is 0 Å². The highest BCUT2D eigenvalue weighted by Crippen LogP contribution is 2.63. The van der Waals surface area contributed by atoms with Gasteiger partial charge >= 0.3 is 18.5 Å². The molecule has 1 aliphatic heterocycles. The second kappa shape index (κ2) is 4.28. The van der Waals surface area contributed by atoms with Gasteiger partial charge in [-0.25, -0.2) is 0 Å². The monoisotopic (exact) mass is 340 g/mol. The summed E-state index contributed by atoms with van der Waals surface area (Å²) < 4.78 is 120. The lowest BCUT2D eigenvalue weighted by Crippen LogP contribution is -2.57. The zero-order valence-electron chi connectivity index (χ0n) is 10.1. The normalized spacial score (nSPS) is 25.2. The number of fused-ring (bicyclic) bond motifs is 1. The van der Waals surface area contributed by atoms with Gasteiger partial charge in [0.2, 0.25) is 0 Å². The Bertz CT molecular complexity index is 572. The van der Waals surface area contributed by atoms with Crippen LogP contribution in [0.25, 0.3) is 0 Å². The van der Waals surface area contributed by atoms with Crippen LogP contribution in [0.15, 0.2) is 24.3 Å². The third-order valence-electron chi connectivity index (χ3n) is 3.15. The van der Waals surface area contributed by atoms with Gasteiger partial charge < -0.3 is 9.84 Å². The molecule has 0 saturated heterocycles. The minimum atomic E-state index is -6.28. The van der Waals surface area contributed by atoms with Crippen molar-refractivity contribution in [3.8, 4) is 0 Å². The topological polar surface area (TPSA) is 29.5 Å². The number of halogens is 9. The largest absolute Gasteiger partial charge is 0.448 e. The van der Waals surface area contributed by atoms with E-state index in [0.717, 1.165) is 6.07 Å². The van der Waals surface area contributed by atoms with Crippen LogP contribution in [0.2, 0.25) is 0 Å². The molecule has 1 aliphatic rings. The van der Waals surface area contributed by atoms with Crippen molar-refractivity contribution >= 4 is 0 Å². The molecule has 1 aromatic rings. The summed E-state index contributed by atoms with van der Waals surface area (Å²) in [6, 6.07) is 1.90. The molecule has 0 saturated carbocycles. The van der Waals surface area contributed by atoms with Gasteiger partial charge in [-0.3, -0.25) is 0 Å². The lowest BCUT2D eigenvalue weighted by molar-refractivity contribution is -0.468. The molecule has 2 nitrogen and oxygen atoms in total. The molecule has 22 heavy (non-hydrogen) atoms. The molecule has 11 heteroatoms. The predicted molar refractivity (Wildman–Crippen MR) is 51.3 cm³/mol. The number of hydrogen-bond donors (Lipinski definition) is 1. The van der Waals surface area contributed by atoms with E-state index >= 15 is 0 Å². The fraction of sp³-hybridized carbons (Fsp3) is 0.455. The lowest BCUT2D eigenvalue weighted by atomic mass is 9.89. The number of rotatable bonds is 0. The van der Waals surface area contributed by atoms with E-state index in [1.807, 2.05) is 0 Å². The third-order valence-corrected chi connectivity index (χ3v) is 3.15. The van der Waals surface area contributed by atoms with Crippen LogP contribution in [0.3, 0.4) is 0 Å². The lowest BCUT2D eigenvalue weighted by Gasteiger charge is -2.36. The first kappa shape index (κ1) is 16.9. The smallest absolute Gasteiger partial charge is 0.355 e. The summed E-state index contributed by atoms with van der Waals surface area (Å²) in [6.07, 6.45) is -18.5. The van der Waals surface area contributed by atoms with Gasteiger partial charge in [0.25, 0.3) is 11.4 Å². The van der Waals surface area contributed by atoms with Crippen molar-refractivity contribution in [2.24, 2.45) is 0 Å². The van der Waals surface area contributed by atoms with Crippen molar-refractivity contribution < 1.29 is 49.4 Å². The standard InChI is InChI=1S/C11H5F9O2/c12-9(13,14)7(10(15,16)17)5-3-1-2-4-6(5)8(21,22-7)11(18,19)20/h1-4,21H/t8-/m0/s1. The first-order valence-electron chi connectivity index (χ1n) is 5.41. The second-order valence-corrected chi connectivity index (χ2v) is 4.47. The van der Waals surface area contributed by atoms with Crippen LogP contribution in [-0.2, 0) is 16.1 Å². The molecule has 0 fully saturated rings. The van der Waals surface area contributed by atoms with Crippen LogP contribution >= 0.6 is 0 Å². The van der Waals surface area contributed by atoms with Gasteiger partial charge in [0.1, 0.15) is 0 Å². The Balaban J connectivity index is 2.87. The molecule has 1 heterocycles. The van der Waals surface area contributed by atoms with E-state index in [1.54, 1.807) is 0 Å². The summed E-state index contributed by atoms with van der Waals surface area (Å²) in [5.41, 5.74) is -8.78. The van der Waals surface area contributed by atoms with Crippen LogP contribution in [0.4, 0.5) is 39.5 Å². The quantitative estimate of drug-likeness (QED) is 0.729. The Morgan fingerprint density at radius 2 is 1.14 bits per heavy atom. The molecule has 0 aromatic heterocycles. The average molecular weight is 340 g/mol. The van der Waals surface area contributed by atoms with Crippen molar-refractivity contribution in [2.45, 2.75) is 29.9 Å². The van der Waals surface area contributed by atoms with E-state index in [1.165, 1.54) is 0 Å². The fourth-order valence-electron chi connectivity index (χ4n) is 2.21. The second-order valence-electron chi connectivity index (χ2n) is 4.47. The molecule has 0 unspecified atom stereocenters. The van der Waals surface area contributed by atoms with E-state index < -0.39 is 41.0 Å². The summed E-state index contributed by atoms with van der Waals surface area (Å²) in [6.45, 7) is 0. The Hall–Kier alpha value is -1.49. The third kappa shape index (κ3) is 1.91. The summed E-state index contributed by atoms with van der Waals surface area (Å²) in [7, 11) is 0. The zero-order chi connectivity index (χ0) is 17.2. The number of ether oxygens (including phenoxy) is 1. The molecule has 0 amide bonds. The van der Waals surface area contributed by atoms with Gasteiger partial charge in [-0.2, -0.15) is 39.5 Å². The molecule has 1 N–H and O–H groups in total. The molecule has 0 aliphatic carbocycles. The maximum Gasteiger partial charge on any atom is 0.448 e. The van der Waals surface area contributed by atoms with Crippen LogP contribution in [0.5, 0.6) is 0 Å². The molecule has 0 radical (unpaired) electrons. The number of alkyl halides is 9. The van der Waals surface area contributed by atoms with Crippen molar-refractivity contribution in [1.29, 1.82) is 0 Å². The minimum absolute atomic E-state index is 0.181. The summed E-state index contributed by atoms with van der Waals surface area (Å²) in [5, 5.41) is 9.40. The molecule has 1 atom stereocenters. The molecule has 0 spiro atoms. The van der Waals surface area contributed by atoms with Crippen molar-refractivity contribution in [3.63, 3.8) is 0 Å². The van der Waals surface area contributed by atoms with Crippen LogP contribution in [0, 0.1) is 0 Å². The van der Waals surface area contributed by atoms with E-state index in [9.17, 15) is 44.6 Å². The van der Waals surface area contributed by atoms with Gasteiger partial charge in [0.05, 0.1) is 0 Å². The molecule has 1 aromatic carbocycles. The van der Waals surface area contributed by atoms with Crippen LogP contribution < -0.4 is 0 Å². The highest BCUT2D eigenvalue weighted by Gasteiger charge is 2.82. The summed E-state index contributed by atoms with van der Waals surface area (Å²) >= 11 is 0. The maximum absolute atomic E-state index is 13.0. The number of aliphatic hydroxyl groups is 1. The molecular weight excluding hydrogens is 335 g/mol. The summed E-state index contributed by atoms with van der Waals surface area (Å²) in [5.74, 6) is -4.73. The van der Waals surface area contributed by atoms with Gasteiger partial charge in [0, 0.05) is 11.1 Å². The van der Waals surface area contributed by atoms with E-state index in [2.05, 4.69) is 4.74 Å². The van der Waals surface area contributed by atoms with E-state index in [0.29, 0.717) is 12.1 Å². The van der Waals surface area contributed by atoms with Gasteiger partial charge in [-0.1, -0.05) is 24.3 Å². The van der Waals surface area contributed by atoms with Gasteiger partial charge in [-0.05, 0) is 0 Å². The van der Waals surface area contributed by atoms with E-state index in [-0.39, 0.29) is 6.07 Å². The first-order valence-corrected chi connectivity index (χ1v) is 5.41. The van der Waals surface area contributed by atoms with Crippen LogP contribution in [-0.4, -0.2) is 23.6 Å². The minimum Gasteiger partial charge on any atom is -0.355 e. The fourth-order valence-corrected chi connectivity index (χ4v) is 2.21. The van der Waals surface area contributed by atoms with Gasteiger partial charge in [-0.15, -0.1) is 0 Å². The predicted octanol–water partition coefficient (Wildman–Crippen LogP) is 3.74. The van der Waals surface area contributed by atoms with Crippen molar-refractivity contribution in [3.05, 3.63) is 35.4 Å². The van der Waals surface area contributed by atoms with Crippen molar-refractivity contribution in [2.75, 3.05) is 0 Å². The highest BCUT2D eigenvalue weighted by atomic mass is 19.4. The Kier molecular flexibility index (Phi) is 3.28. The number of hydrogen-bond acceptors (Lipinski definition) is 2. The molecule has 0 bridgehead atoms. The maximum atomic E-state index is 13.0. The zero-order valence-corrected chi connectivity index (χ0v) is 10.1. The molecule has 2 rings (SSSR count). The Morgan fingerprint density at radius 1 is 0.727 bits per heavy atom. The Morgan fingerprint density at radius 3 is 1.50 bits per heavy atom. The first-order chi connectivity index (χ1) is 9.68. The average Bonchev–Trinajstić information content (AvgIpc) is 2.60. The summed E-state index contributed by atoms with van der Waals surface area (Å²) in [4.78, 5) is 0. The Labute approximate surface area is 116 Å². The van der Waals surface area contributed by atoms with Crippen molar-refractivity contribution in [1.82, 2.24) is 0 Å². The highest BCUT2D eigenvalue weighted by molar-refractivity contribution is 5.43. The van der Waals surface area contributed by atoms with Gasteiger partial charge in [0.15, 0.2) is 0 Å². The van der Waals surface area contributed by atoms with Crippen LogP contribution in [0.1, 0.15) is 11.1 Å². The molecular formula is C11H5F9O2. The number of benzene rings is 1. The molecule has 124 valence electrons. The SMILES string of the molecule is O[C@]1(C(F)(F)F)OC(C(F)(F)F)(C(F)(F)F)c2ccccc21.